The fourth-order valence-electron chi connectivity index (χ4n) is 1.46. The average molecular weight is 253 g/mol. The number of aromatic carboxylic acids is 1. The SMILES string of the molecule is COc1ccc(F)cc1-c1ncsc1C(=O)O. The van der Waals surface area contributed by atoms with Crippen LogP contribution in [0.3, 0.4) is 0 Å². The second kappa shape index (κ2) is 4.50. The van der Waals surface area contributed by atoms with Crippen molar-refractivity contribution in [3.05, 3.63) is 34.4 Å². The molecule has 1 heterocycles. The standard InChI is InChI=1S/C11H8FNO3S/c1-16-8-3-2-6(12)4-7(8)9-10(11(14)15)17-5-13-9/h2-5H,1H3,(H,14,15). The van der Waals surface area contributed by atoms with E-state index in [1.807, 2.05) is 0 Å². The van der Waals surface area contributed by atoms with E-state index in [-0.39, 0.29) is 10.6 Å². The van der Waals surface area contributed by atoms with Crippen LogP contribution >= 0.6 is 11.3 Å². The molecule has 0 spiro atoms. The van der Waals surface area contributed by atoms with Crippen LogP contribution in [0.15, 0.2) is 23.7 Å². The van der Waals surface area contributed by atoms with Gasteiger partial charge in [0.2, 0.25) is 0 Å². The van der Waals surface area contributed by atoms with Crippen LogP contribution in [0.1, 0.15) is 9.67 Å². The van der Waals surface area contributed by atoms with Crippen LogP contribution in [0.2, 0.25) is 0 Å². The van der Waals surface area contributed by atoms with Crippen molar-refractivity contribution in [3.63, 3.8) is 0 Å². The van der Waals surface area contributed by atoms with Gasteiger partial charge in [-0.05, 0) is 18.2 Å². The summed E-state index contributed by atoms with van der Waals surface area (Å²) in [5.41, 5.74) is 1.97. The molecule has 2 rings (SSSR count). The molecule has 0 saturated carbocycles. The minimum Gasteiger partial charge on any atom is -0.496 e. The molecule has 6 heteroatoms. The first-order chi connectivity index (χ1) is 8.13. The maximum atomic E-state index is 13.2. The lowest BCUT2D eigenvalue weighted by atomic mass is 10.1. The minimum atomic E-state index is -1.09. The van der Waals surface area contributed by atoms with E-state index in [0.29, 0.717) is 11.3 Å². The van der Waals surface area contributed by atoms with Crippen LogP contribution in [0.5, 0.6) is 5.75 Å². The van der Waals surface area contributed by atoms with Gasteiger partial charge in [-0.2, -0.15) is 0 Å². The predicted molar refractivity (Wildman–Crippen MR) is 61.0 cm³/mol. The number of ether oxygens (including phenoxy) is 1. The lowest BCUT2D eigenvalue weighted by Crippen LogP contribution is -1.97. The van der Waals surface area contributed by atoms with Crippen molar-refractivity contribution < 1.29 is 19.0 Å². The number of thiazole rings is 1. The molecule has 1 aromatic carbocycles. The van der Waals surface area contributed by atoms with E-state index in [1.54, 1.807) is 0 Å². The highest BCUT2D eigenvalue weighted by molar-refractivity contribution is 7.12. The average Bonchev–Trinajstić information content (AvgIpc) is 2.77. The van der Waals surface area contributed by atoms with Gasteiger partial charge in [-0.15, -0.1) is 11.3 Å². The van der Waals surface area contributed by atoms with E-state index in [0.717, 1.165) is 11.3 Å². The topological polar surface area (TPSA) is 59.4 Å². The Morgan fingerprint density at radius 3 is 2.94 bits per heavy atom. The molecule has 4 nitrogen and oxygen atoms in total. The van der Waals surface area contributed by atoms with Gasteiger partial charge >= 0.3 is 5.97 Å². The number of hydrogen-bond acceptors (Lipinski definition) is 4. The number of hydrogen-bond donors (Lipinski definition) is 1. The van der Waals surface area contributed by atoms with Crippen molar-refractivity contribution in [2.75, 3.05) is 7.11 Å². The number of carbonyl (C=O) groups is 1. The van der Waals surface area contributed by atoms with E-state index in [4.69, 9.17) is 9.84 Å². The van der Waals surface area contributed by atoms with Crippen molar-refractivity contribution in [1.82, 2.24) is 4.98 Å². The minimum absolute atomic E-state index is 0.0638. The molecule has 0 aliphatic carbocycles. The fraction of sp³-hybridized carbons (Fsp3) is 0.0909. The first-order valence-corrected chi connectivity index (χ1v) is 5.52. The summed E-state index contributed by atoms with van der Waals surface area (Å²) in [5, 5.41) is 8.98. The Morgan fingerprint density at radius 1 is 1.53 bits per heavy atom. The molecule has 1 aromatic heterocycles. The largest absolute Gasteiger partial charge is 0.496 e. The molecule has 0 amide bonds. The number of rotatable bonds is 3. The summed E-state index contributed by atoms with van der Waals surface area (Å²) in [6, 6.07) is 3.89. The number of nitrogens with zero attached hydrogens (tertiary/aromatic N) is 1. The Labute approximate surface area is 100 Å². The molecule has 0 aliphatic heterocycles. The summed E-state index contributed by atoms with van der Waals surface area (Å²) in [6.45, 7) is 0. The van der Waals surface area contributed by atoms with E-state index in [1.165, 1.54) is 30.8 Å². The normalized spacial score (nSPS) is 10.2. The van der Waals surface area contributed by atoms with Crippen molar-refractivity contribution in [3.8, 4) is 17.0 Å². The van der Waals surface area contributed by atoms with Crippen molar-refractivity contribution in [2.24, 2.45) is 0 Å². The Balaban J connectivity index is 2.63. The van der Waals surface area contributed by atoms with E-state index >= 15 is 0 Å². The highest BCUT2D eigenvalue weighted by Crippen LogP contribution is 2.33. The first-order valence-electron chi connectivity index (χ1n) is 4.64. The Hall–Kier alpha value is -1.95. The molecule has 0 unspecified atom stereocenters. The van der Waals surface area contributed by atoms with Gasteiger partial charge in [-0.3, -0.25) is 0 Å². The van der Waals surface area contributed by atoms with E-state index in [9.17, 15) is 9.18 Å². The van der Waals surface area contributed by atoms with Gasteiger partial charge in [0, 0.05) is 5.56 Å². The van der Waals surface area contributed by atoms with Gasteiger partial charge in [-0.1, -0.05) is 0 Å². The fourth-order valence-corrected chi connectivity index (χ4v) is 2.09. The third kappa shape index (κ3) is 2.12. The van der Waals surface area contributed by atoms with Crippen molar-refractivity contribution >= 4 is 17.3 Å². The van der Waals surface area contributed by atoms with Crippen molar-refractivity contribution in [2.45, 2.75) is 0 Å². The number of aromatic nitrogens is 1. The highest BCUT2D eigenvalue weighted by Gasteiger charge is 2.18. The zero-order chi connectivity index (χ0) is 12.4. The molecule has 17 heavy (non-hydrogen) atoms. The van der Waals surface area contributed by atoms with Gasteiger partial charge in [0.25, 0.3) is 0 Å². The second-order valence-electron chi connectivity index (χ2n) is 3.18. The number of methoxy groups -OCH3 is 1. The Bertz CT molecular complexity index is 568. The van der Waals surface area contributed by atoms with Gasteiger partial charge in [0.05, 0.1) is 18.3 Å². The number of carboxylic acids is 1. The van der Waals surface area contributed by atoms with Crippen LogP contribution in [0, 0.1) is 5.82 Å². The molecule has 0 radical (unpaired) electrons. The lowest BCUT2D eigenvalue weighted by molar-refractivity contribution is 0.0702. The third-order valence-corrected chi connectivity index (χ3v) is 2.99. The number of benzene rings is 1. The molecule has 2 aromatic rings. The third-order valence-electron chi connectivity index (χ3n) is 2.18. The molecule has 1 N–H and O–H groups in total. The molecule has 0 aliphatic rings. The smallest absolute Gasteiger partial charge is 0.348 e. The molecule has 0 bridgehead atoms. The Morgan fingerprint density at radius 2 is 2.29 bits per heavy atom. The summed E-state index contributed by atoms with van der Waals surface area (Å²) in [5.74, 6) is -1.17. The van der Waals surface area contributed by atoms with Crippen molar-refractivity contribution in [1.29, 1.82) is 0 Å². The zero-order valence-electron chi connectivity index (χ0n) is 8.81. The number of halogens is 1. The maximum absolute atomic E-state index is 13.2. The zero-order valence-corrected chi connectivity index (χ0v) is 9.62. The molecule has 0 fully saturated rings. The highest BCUT2D eigenvalue weighted by atomic mass is 32.1. The van der Waals surface area contributed by atoms with Gasteiger partial charge in [0.1, 0.15) is 16.4 Å². The van der Waals surface area contributed by atoms with Crippen LogP contribution in [-0.4, -0.2) is 23.2 Å². The molecular weight excluding hydrogens is 245 g/mol. The van der Waals surface area contributed by atoms with Crippen LogP contribution < -0.4 is 4.74 Å². The van der Waals surface area contributed by atoms with Crippen LogP contribution in [0.4, 0.5) is 4.39 Å². The molecule has 0 atom stereocenters. The quantitative estimate of drug-likeness (QED) is 0.913. The van der Waals surface area contributed by atoms with Crippen LogP contribution in [0.25, 0.3) is 11.3 Å². The van der Waals surface area contributed by atoms with E-state index < -0.39 is 11.8 Å². The summed E-state index contributed by atoms with van der Waals surface area (Å²) >= 11 is 0.989. The molecule has 88 valence electrons. The van der Waals surface area contributed by atoms with E-state index in [2.05, 4.69) is 4.98 Å². The van der Waals surface area contributed by atoms with Gasteiger partial charge < -0.3 is 9.84 Å². The Kier molecular flexibility index (Phi) is 3.06. The summed E-state index contributed by atoms with van der Waals surface area (Å²) < 4.78 is 18.2. The lowest BCUT2D eigenvalue weighted by Gasteiger charge is -2.06. The molecule has 0 saturated heterocycles. The summed E-state index contributed by atoms with van der Waals surface area (Å²) in [4.78, 5) is 15.0. The van der Waals surface area contributed by atoms with Crippen LogP contribution in [-0.2, 0) is 0 Å². The first kappa shape index (κ1) is 11.5. The monoisotopic (exact) mass is 253 g/mol. The predicted octanol–water partition coefficient (Wildman–Crippen LogP) is 2.66. The maximum Gasteiger partial charge on any atom is 0.348 e. The number of carboxylic acid groups (broad SMARTS) is 1. The van der Waals surface area contributed by atoms with Gasteiger partial charge in [0.15, 0.2) is 0 Å². The summed E-state index contributed by atoms with van der Waals surface area (Å²) in [7, 11) is 1.43. The molecular formula is C11H8FNO3S. The summed E-state index contributed by atoms with van der Waals surface area (Å²) in [6.07, 6.45) is 0. The second-order valence-corrected chi connectivity index (χ2v) is 4.03. The van der Waals surface area contributed by atoms with Gasteiger partial charge in [-0.25, -0.2) is 14.2 Å².